The van der Waals surface area contributed by atoms with E-state index >= 15 is 0 Å². The minimum atomic E-state index is -0.650. The molecule has 0 aliphatic heterocycles. The predicted octanol–water partition coefficient (Wildman–Crippen LogP) is -0.938. The average molecular weight is 217 g/mol. The lowest BCUT2D eigenvalue weighted by molar-refractivity contribution is -0.142. The van der Waals surface area contributed by atoms with Gasteiger partial charge in [-0.2, -0.15) is 0 Å². The second-order valence-corrected chi connectivity index (χ2v) is 2.78. The molecule has 8 heteroatoms. The molecule has 8 nitrogen and oxygen atoms in total. The van der Waals surface area contributed by atoms with E-state index in [9.17, 15) is 9.70 Å². The van der Waals surface area contributed by atoms with Crippen LogP contribution in [0.4, 0.5) is 0 Å². The monoisotopic (exact) mass is 217 g/mol. The van der Waals surface area contributed by atoms with Gasteiger partial charge in [-0.25, -0.2) is 5.43 Å². The highest BCUT2D eigenvalue weighted by atomic mass is 16.5. The van der Waals surface area contributed by atoms with Crippen LogP contribution in [0.2, 0.25) is 0 Å². The summed E-state index contributed by atoms with van der Waals surface area (Å²) in [6.45, 7) is 0.423. The number of nitroso groups, excluding NO2 is 1. The molecule has 0 saturated heterocycles. The van der Waals surface area contributed by atoms with Crippen molar-refractivity contribution in [2.75, 3.05) is 13.7 Å². The van der Waals surface area contributed by atoms with Gasteiger partial charge >= 0.3 is 5.97 Å². The van der Waals surface area contributed by atoms with Gasteiger partial charge < -0.3 is 15.8 Å². The summed E-state index contributed by atoms with van der Waals surface area (Å²) in [4.78, 5) is 20.5. The zero-order valence-corrected chi connectivity index (χ0v) is 8.45. The van der Waals surface area contributed by atoms with Crippen molar-refractivity contribution in [1.82, 2.24) is 10.7 Å². The molecule has 0 aliphatic carbocycles. The normalized spacial score (nSPS) is 11.3. The van der Waals surface area contributed by atoms with E-state index in [4.69, 9.17) is 11.1 Å². The molecule has 0 bridgehead atoms. The smallest absolute Gasteiger partial charge is 0.322 e. The van der Waals surface area contributed by atoms with Crippen molar-refractivity contribution < 1.29 is 9.53 Å². The third kappa shape index (κ3) is 6.38. The molecule has 0 aromatic carbocycles. The molecule has 15 heavy (non-hydrogen) atoms. The minimum Gasteiger partial charge on any atom is -0.468 e. The van der Waals surface area contributed by atoms with Crippen molar-refractivity contribution in [3.63, 3.8) is 0 Å². The van der Waals surface area contributed by atoms with E-state index in [0.717, 1.165) is 0 Å². The summed E-state index contributed by atoms with van der Waals surface area (Å²) < 4.78 is 4.43. The molecule has 0 spiro atoms. The number of methoxy groups -OCH3 is 1. The van der Waals surface area contributed by atoms with Crippen LogP contribution in [0.15, 0.2) is 5.29 Å². The first kappa shape index (κ1) is 13.3. The van der Waals surface area contributed by atoms with E-state index in [1.807, 2.05) is 5.43 Å². The first-order valence-corrected chi connectivity index (χ1v) is 4.36. The maximum atomic E-state index is 10.9. The summed E-state index contributed by atoms with van der Waals surface area (Å²) in [5, 5.41) is 11.9. The number of esters is 1. The van der Waals surface area contributed by atoms with Gasteiger partial charge in [-0.15, -0.1) is 4.91 Å². The predicted molar refractivity (Wildman–Crippen MR) is 53.9 cm³/mol. The number of hydrogen-bond donors (Lipinski definition) is 4. The number of hydrogen-bond acceptors (Lipinski definition) is 6. The van der Waals surface area contributed by atoms with Crippen molar-refractivity contribution in [1.29, 1.82) is 5.41 Å². The standard InChI is InChI=1S/C7H15N5O3/c1-15-6(13)5(8)3-2-4-10-7(9)11-12-14/h5H,2-4,8H2,1H3,(H3,9,10,11,14)/t5-/m0/s1. The first-order chi connectivity index (χ1) is 7.11. The Morgan fingerprint density at radius 3 is 2.87 bits per heavy atom. The van der Waals surface area contributed by atoms with Gasteiger partial charge in [0.15, 0.2) is 0 Å². The second-order valence-electron chi connectivity index (χ2n) is 2.78. The second kappa shape index (κ2) is 7.68. The van der Waals surface area contributed by atoms with Gasteiger partial charge in [0, 0.05) is 6.54 Å². The molecule has 0 rings (SSSR count). The Bertz CT molecular complexity index is 233. The van der Waals surface area contributed by atoms with Crippen LogP contribution in [-0.2, 0) is 9.53 Å². The molecule has 5 N–H and O–H groups in total. The van der Waals surface area contributed by atoms with Crippen molar-refractivity contribution in [2.24, 2.45) is 11.0 Å². The number of nitrogens with zero attached hydrogens (tertiary/aromatic N) is 1. The Hall–Kier alpha value is -1.70. The first-order valence-electron chi connectivity index (χ1n) is 4.36. The van der Waals surface area contributed by atoms with Gasteiger partial charge in [-0.3, -0.25) is 10.2 Å². The van der Waals surface area contributed by atoms with E-state index in [1.54, 1.807) is 0 Å². The number of carbonyl (C=O) groups excluding carboxylic acids is 1. The molecule has 0 amide bonds. The summed E-state index contributed by atoms with van der Waals surface area (Å²) in [7, 11) is 1.27. The molecule has 0 aromatic rings. The average Bonchev–Trinajstić information content (AvgIpc) is 2.23. The van der Waals surface area contributed by atoms with Crippen molar-refractivity contribution in [3.05, 3.63) is 4.91 Å². The molecule has 0 aromatic heterocycles. The molecule has 0 aliphatic rings. The third-order valence-electron chi connectivity index (χ3n) is 1.66. The van der Waals surface area contributed by atoms with Gasteiger partial charge in [0.05, 0.1) is 12.4 Å². The Labute approximate surface area is 87.0 Å². The molecule has 86 valence electrons. The number of nitrogens with two attached hydrogens (primary N) is 1. The molecule has 0 unspecified atom stereocenters. The fraction of sp³-hybridized carbons (Fsp3) is 0.714. The van der Waals surface area contributed by atoms with Crippen LogP contribution in [0.3, 0.4) is 0 Å². The zero-order chi connectivity index (χ0) is 11.7. The number of ether oxygens (including phenoxy) is 1. The minimum absolute atomic E-state index is 0.184. The highest BCUT2D eigenvalue weighted by molar-refractivity contribution is 5.76. The van der Waals surface area contributed by atoms with Crippen LogP contribution in [0.1, 0.15) is 12.8 Å². The number of guanidine groups is 1. The summed E-state index contributed by atoms with van der Waals surface area (Å²) in [5.74, 6) is -0.644. The van der Waals surface area contributed by atoms with E-state index in [1.165, 1.54) is 7.11 Å². The van der Waals surface area contributed by atoms with Crippen LogP contribution in [0, 0.1) is 10.3 Å². The summed E-state index contributed by atoms with van der Waals surface area (Å²) in [6.07, 6.45) is 1.03. The van der Waals surface area contributed by atoms with Crippen molar-refractivity contribution in [2.45, 2.75) is 18.9 Å². The van der Waals surface area contributed by atoms with Gasteiger partial charge in [0.25, 0.3) is 0 Å². The van der Waals surface area contributed by atoms with E-state index < -0.39 is 12.0 Å². The summed E-state index contributed by atoms with van der Waals surface area (Å²) in [5.41, 5.74) is 7.35. The molecule has 0 heterocycles. The van der Waals surface area contributed by atoms with Gasteiger partial charge in [-0.1, -0.05) is 0 Å². The maximum absolute atomic E-state index is 10.9. The Balaban J connectivity index is 3.49. The fourth-order valence-electron chi connectivity index (χ4n) is 0.890. The molecular weight excluding hydrogens is 202 g/mol. The highest BCUT2D eigenvalue weighted by Gasteiger charge is 2.12. The van der Waals surface area contributed by atoms with Crippen LogP contribution in [-0.4, -0.2) is 31.6 Å². The molecule has 0 saturated carbocycles. The Kier molecular flexibility index (Phi) is 6.81. The van der Waals surface area contributed by atoms with Gasteiger partial charge in [0.2, 0.25) is 5.96 Å². The van der Waals surface area contributed by atoms with Crippen LogP contribution < -0.4 is 16.5 Å². The lowest BCUT2D eigenvalue weighted by atomic mass is 10.2. The van der Waals surface area contributed by atoms with Crippen molar-refractivity contribution in [3.8, 4) is 0 Å². The topological polar surface area (TPSA) is 130 Å². The Morgan fingerprint density at radius 1 is 1.67 bits per heavy atom. The molecule has 0 fully saturated rings. The lowest BCUT2D eigenvalue weighted by Crippen LogP contribution is -2.35. The lowest BCUT2D eigenvalue weighted by Gasteiger charge is -2.09. The van der Waals surface area contributed by atoms with E-state index in [2.05, 4.69) is 15.3 Å². The fourth-order valence-corrected chi connectivity index (χ4v) is 0.890. The van der Waals surface area contributed by atoms with Crippen LogP contribution in [0.25, 0.3) is 0 Å². The number of nitrogens with one attached hydrogen (secondary N) is 3. The maximum Gasteiger partial charge on any atom is 0.322 e. The van der Waals surface area contributed by atoms with Crippen LogP contribution in [0.5, 0.6) is 0 Å². The summed E-state index contributed by atoms with van der Waals surface area (Å²) >= 11 is 0. The third-order valence-corrected chi connectivity index (χ3v) is 1.66. The zero-order valence-electron chi connectivity index (χ0n) is 8.45. The summed E-state index contributed by atoms with van der Waals surface area (Å²) in [6, 6.07) is -0.650. The molecule has 1 atom stereocenters. The van der Waals surface area contributed by atoms with Gasteiger partial charge in [0.1, 0.15) is 6.04 Å². The largest absolute Gasteiger partial charge is 0.468 e. The van der Waals surface area contributed by atoms with Crippen LogP contribution >= 0.6 is 0 Å². The van der Waals surface area contributed by atoms with Gasteiger partial charge in [-0.05, 0) is 12.8 Å². The number of rotatable bonds is 6. The number of carbonyl (C=O) groups is 1. The quantitative estimate of drug-likeness (QED) is 0.113. The SMILES string of the molecule is COC(=O)[C@@H](N)CCCNC(=N)NN=O. The highest BCUT2D eigenvalue weighted by Crippen LogP contribution is 1.95. The molecular formula is C7H15N5O3. The van der Waals surface area contributed by atoms with E-state index in [-0.39, 0.29) is 5.96 Å². The molecule has 0 radical (unpaired) electrons. The van der Waals surface area contributed by atoms with E-state index in [0.29, 0.717) is 19.4 Å². The van der Waals surface area contributed by atoms with Crippen molar-refractivity contribution >= 4 is 11.9 Å². The Morgan fingerprint density at radius 2 is 2.33 bits per heavy atom.